The SMILES string of the molecule is CC(C)Cc1cn(CCN2CCCC2)c(C2CCN(C(=O)O)CC2)n1. The van der Waals surface area contributed by atoms with Crippen molar-refractivity contribution in [3.63, 3.8) is 0 Å². The van der Waals surface area contributed by atoms with Crippen molar-refractivity contribution < 1.29 is 9.90 Å². The first-order valence-corrected chi connectivity index (χ1v) is 9.79. The molecule has 25 heavy (non-hydrogen) atoms. The second kappa shape index (κ2) is 8.21. The summed E-state index contributed by atoms with van der Waals surface area (Å²) >= 11 is 0. The predicted octanol–water partition coefficient (Wildman–Crippen LogP) is 3.03. The number of amides is 1. The van der Waals surface area contributed by atoms with Gasteiger partial charge < -0.3 is 19.5 Å². The van der Waals surface area contributed by atoms with Crippen LogP contribution in [-0.4, -0.2) is 63.3 Å². The van der Waals surface area contributed by atoms with Gasteiger partial charge in [0, 0.05) is 38.3 Å². The first-order valence-electron chi connectivity index (χ1n) is 9.79. The van der Waals surface area contributed by atoms with E-state index >= 15 is 0 Å². The van der Waals surface area contributed by atoms with Gasteiger partial charge in [-0.3, -0.25) is 0 Å². The minimum Gasteiger partial charge on any atom is -0.465 e. The largest absolute Gasteiger partial charge is 0.465 e. The molecule has 0 spiro atoms. The highest BCUT2D eigenvalue weighted by molar-refractivity contribution is 5.65. The molecule has 0 atom stereocenters. The summed E-state index contributed by atoms with van der Waals surface area (Å²) in [6.45, 7) is 10.2. The Labute approximate surface area is 150 Å². The van der Waals surface area contributed by atoms with Crippen molar-refractivity contribution in [3.05, 3.63) is 17.7 Å². The van der Waals surface area contributed by atoms with Crippen molar-refractivity contribution in [2.75, 3.05) is 32.7 Å². The predicted molar refractivity (Wildman–Crippen MR) is 98.0 cm³/mol. The van der Waals surface area contributed by atoms with Crippen LogP contribution in [0.4, 0.5) is 4.79 Å². The third kappa shape index (κ3) is 4.75. The Morgan fingerprint density at radius 3 is 2.48 bits per heavy atom. The number of likely N-dealkylation sites (tertiary alicyclic amines) is 2. The summed E-state index contributed by atoms with van der Waals surface area (Å²) in [5.74, 6) is 2.17. The van der Waals surface area contributed by atoms with Crippen molar-refractivity contribution in [1.82, 2.24) is 19.4 Å². The number of piperidine rings is 1. The smallest absolute Gasteiger partial charge is 0.407 e. The highest BCUT2D eigenvalue weighted by Crippen LogP contribution is 2.28. The van der Waals surface area contributed by atoms with E-state index in [0.29, 0.717) is 24.9 Å². The van der Waals surface area contributed by atoms with Gasteiger partial charge in [-0.2, -0.15) is 0 Å². The lowest BCUT2D eigenvalue weighted by atomic mass is 9.96. The van der Waals surface area contributed by atoms with Gasteiger partial charge in [-0.25, -0.2) is 9.78 Å². The molecule has 0 bridgehead atoms. The highest BCUT2D eigenvalue weighted by atomic mass is 16.4. The molecule has 0 unspecified atom stereocenters. The molecule has 0 aromatic carbocycles. The zero-order valence-electron chi connectivity index (χ0n) is 15.7. The molecule has 2 saturated heterocycles. The van der Waals surface area contributed by atoms with Crippen molar-refractivity contribution in [1.29, 1.82) is 0 Å². The number of hydrogen-bond acceptors (Lipinski definition) is 3. The number of aromatic nitrogens is 2. The van der Waals surface area contributed by atoms with Crippen LogP contribution < -0.4 is 0 Å². The van der Waals surface area contributed by atoms with E-state index in [2.05, 4.69) is 29.5 Å². The Morgan fingerprint density at radius 2 is 1.88 bits per heavy atom. The van der Waals surface area contributed by atoms with Gasteiger partial charge >= 0.3 is 6.09 Å². The molecule has 0 saturated carbocycles. The van der Waals surface area contributed by atoms with Crippen molar-refractivity contribution in [3.8, 4) is 0 Å². The minimum absolute atomic E-state index is 0.384. The van der Waals surface area contributed by atoms with E-state index in [0.717, 1.165) is 32.4 Å². The van der Waals surface area contributed by atoms with Crippen LogP contribution in [0.2, 0.25) is 0 Å². The molecular weight excluding hydrogens is 316 g/mol. The summed E-state index contributed by atoms with van der Waals surface area (Å²) in [5, 5.41) is 9.16. The van der Waals surface area contributed by atoms with Gasteiger partial charge in [-0.1, -0.05) is 13.8 Å². The van der Waals surface area contributed by atoms with Crippen molar-refractivity contribution in [2.24, 2.45) is 5.92 Å². The summed E-state index contributed by atoms with van der Waals surface area (Å²) < 4.78 is 2.36. The molecular formula is C19H32N4O2. The Bertz CT molecular complexity index is 570. The molecule has 6 nitrogen and oxygen atoms in total. The van der Waals surface area contributed by atoms with Crippen molar-refractivity contribution in [2.45, 2.75) is 58.4 Å². The number of carboxylic acid groups (broad SMARTS) is 1. The normalized spacial score (nSPS) is 19.9. The molecule has 0 radical (unpaired) electrons. The molecule has 3 rings (SSSR count). The van der Waals surface area contributed by atoms with Gasteiger partial charge in [0.2, 0.25) is 0 Å². The van der Waals surface area contributed by atoms with Crippen LogP contribution in [0.3, 0.4) is 0 Å². The van der Waals surface area contributed by atoms with Crippen LogP contribution >= 0.6 is 0 Å². The second-order valence-corrected chi connectivity index (χ2v) is 7.97. The van der Waals surface area contributed by atoms with Gasteiger partial charge in [0.15, 0.2) is 0 Å². The molecule has 6 heteroatoms. The van der Waals surface area contributed by atoms with E-state index in [4.69, 9.17) is 10.1 Å². The Kier molecular flexibility index (Phi) is 5.99. The van der Waals surface area contributed by atoms with Crippen LogP contribution in [0.25, 0.3) is 0 Å². The zero-order chi connectivity index (χ0) is 17.8. The lowest BCUT2D eigenvalue weighted by Gasteiger charge is -2.30. The zero-order valence-corrected chi connectivity index (χ0v) is 15.7. The van der Waals surface area contributed by atoms with Gasteiger partial charge in [-0.05, 0) is 51.1 Å². The Hall–Kier alpha value is -1.56. The molecule has 2 fully saturated rings. The van der Waals surface area contributed by atoms with E-state index in [1.54, 1.807) is 0 Å². The molecule has 140 valence electrons. The average molecular weight is 348 g/mol. The summed E-state index contributed by atoms with van der Waals surface area (Å²) in [6.07, 6.45) is 6.87. The van der Waals surface area contributed by atoms with Crippen LogP contribution in [0, 0.1) is 5.92 Å². The van der Waals surface area contributed by atoms with Gasteiger partial charge in [0.1, 0.15) is 5.82 Å². The third-order valence-electron chi connectivity index (χ3n) is 5.46. The molecule has 3 heterocycles. The molecule has 1 aromatic rings. The summed E-state index contributed by atoms with van der Waals surface area (Å²) in [6, 6.07) is 0. The molecule has 1 N–H and O–H groups in total. The average Bonchev–Trinajstić information content (AvgIpc) is 3.22. The van der Waals surface area contributed by atoms with Crippen LogP contribution in [0.15, 0.2) is 6.20 Å². The monoisotopic (exact) mass is 348 g/mol. The summed E-state index contributed by atoms with van der Waals surface area (Å²) in [7, 11) is 0. The van der Waals surface area contributed by atoms with Gasteiger partial charge in [-0.15, -0.1) is 0 Å². The number of nitrogens with zero attached hydrogens (tertiary/aromatic N) is 4. The van der Waals surface area contributed by atoms with E-state index in [1.807, 2.05) is 0 Å². The van der Waals surface area contributed by atoms with E-state index in [9.17, 15) is 4.79 Å². The maximum Gasteiger partial charge on any atom is 0.407 e. The number of imidazole rings is 1. The van der Waals surface area contributed by atoms with Crippen LogP contribution in [0.1, 0.15) is 57.0 Å². The first-order chi connectivity index (χ1) is 12.0. The molecule has 2 aliphatic heterocycles. The lowest BCUT2D eigenvalue weighted by Crippen LogP contribution is -2.37. The summed E-state index contributed by atoms with van der Waals surface area (Å²) in [4.78, 5) is 20.2. The van der Waals surface area contributed by atoms with Gasteiger partial charge in [0.05, 0.1) is 5.69 Å². The number of carbonyl (C=O) groups is 1. The van der Waals surface area contributed by atoms with Gasteiger partial charge in [0.25, 0.3) is 0 Å². The van der Waals surface area contributed by atoms with E-state index in [1.165, 1.54) is 42.3 Å². The molecule has 2 aliphatic rings. The topological polar surface area (TPSA) is 61.6 Å². The maximum absolute atomic E-state index is 11.1. The summed E-state index contributed by atoms with van der Waals surface area (Å²) in [5.41, 5.74) is 1.19. The maximum atomic E-state index is 11.1. The molecule has 0 aliphatic carbocycles. The first kappa shape index (κ1) is 18.2. The fourth-order valence-corrected chi connectivity index (χ4v) is 4.09. The fraction of sp³-hybridized carbons (Fsp3) is 0.789. The van der Waals surface area contributed by atoms with Crippen LogP contribution in [0.5, 0.6) is 0 Å². The quantitative estimate of drug-likeness (QED) is 0.858. The van der Waals surface area contributed by atoms with E-state index < -0.39 is 6.09 Å². The molecule has 1 aromatic heterocycles. The second-order valence-electron chi connectivity index (χ2n) is 7.97. The third-order valence-corrected chi connectivity index (χ3v) is 5.46. The fourth-order valence-electron chi connectivity index (χ4n) is 4.09. The molecule has 1 amide bonds. The Balaban J connectivity index is 1.69. The highest BCUT2D eigenvalue weighted by Gasteiger charge is 2.27. The lowest BCUT2D eigenvalue weighted by molar-refractivity contribution is 0.131. The Morgan fingerprint density at radius 1 is 1.20 bits per heavy atom. The minimum atomic E-state index is -0.795. The van der Waals surface area contributed by atoms with Crippen LogP contribution in [-0.2, 0) is 13.0 Å². The number of rotatable bonds is 6. The van der Waals surface area contributed by atoms with Crippen molar-refractivity contribution >= 4 is 6.09 Å². The number of hydrogen-bond donors (Lipinski definition) is 1. The van der Waals surface area contributed by atoms with E-state index in [-0.39, 0.29) is 0 Å². The standard InChI is InChI=1S/C19H32N4O2/c1-15(2)13-17-14-23(12-11-21-7-3-4-8-21)18(20-17)16-5-9-22(10-6-16)19(24)25/h14-16H,3-13H2,1-2H3,(H,24,25).